The van der Waals surface area contributed by atoms with Crippen LogP contribution < -0.4 is 10.2 Å². The van der Waals surface area contributed by atoms with E-state index in [-0.39, 0.29) is 5.69 Å². The van der Waals surface area contributed by atoms with E-state index < -0.39 is 6.43 Å². The van der Waals surface area contributed by atoms with Crippen molar-refractivity contribution in [2.24, 2.45) is 0 Å². The van der Waals surface area contributed by atoms with E-state index in [4.69, 9.17) is 0 Å². The number of anilines is 1. The van der Waals surface area contributed by atoms with Crippen LogP contribution in [0.2, 0.25) is 0 Å². The van der Waals surface area contributed by atoms with E-state index in [2.05, 4.69) is 25.3 Å². The highest BCUT2D eigenvalue weighted by Gasteiger charge is 2.15. The van der Waals surface area contributed by atoms with Gasteiger partial charge >= 0.3 is 0 Å². The van der Waals surface area contributed by atoms with Crippen molar-refractivity contribution in [3.05, 3.63) is 42.4 Å². The minimum atomic E-state index is -2.61. The summed E-state index contributed by atoms with van der Waals surface area (Å²) in [7, 11) is 0. The molecule has 0 radical (unpaired) electrons. The van der Waals surface area contributed by atoms with Gasteiger partial charge in [-0.2, -0.15) is 5.10 Å². The Morgan fingerprint density at radius 2 is 2.00 bits per heavy atom. The number of fused-ring (bicyclic) bond motifs is 1. The molecular formula is C17H18F2N6. The highest BCUT2D eigenvalue weighted by atomic mass is 19.3. The Morgan fingerprint density at radius 3 is 2.88 bits per heavy atom. The Kier molecular flexibility index (Phi) is 4.27. The van der Waals surface area contributed by atoms with Gasteiger partial charge in [0.05, 0.1) is 11.9 Å². The van der Waals surface area contributed by atoms with Gasteiger partial charge in [0.15, 0.2) is 5.65 Å². The Bertz CT molecular complexity index is 870. The zero-order valence-electron chi connectivity index (χ0n) is 13.6. The molecule has 0 aliphatic carbocycles. The molecule has 0 amide bonds. The number of pyridine rings is 1. The van der Waals surface area contributed by atoms with E-state index in [0.29, 0.717) is 11.3 Å². The second kappa shape index (κ2) is 6.72. The zero-order chi connectivity index (χ0) is 17.2. The van der Waals surface area contributed by atoms with Crippen LogP contribution in [0.25, 0.3) is 16.9 Å². The van der Waals surface area contributed by atoms with Gasteiger partial charge in [0.2, 0.25) is 0 Å². The summed E-state index contributed by atoms with van der Waals surface area (Å²) >= 11 is 0. The summed E-state index contributed by atoms with van der Waals surface area (Å²) < 4.78 is 27.4. The van der Waals surface area contributed by atoms with Crippen molar-refractivity contribution in [2.45, 2.75) is 12.8 Å². The van der Waals surface area contributed by atoms with Crippen molar-refractivity contribution in [2.75, 3.05) is 31.1 Å². The monoisotopic (exact) mass is 344 g/mol. The van der Waals surface area contributed by atoms with E-state index in [1.165, 1.54) is 10.6 Å². The van der Waals surface area contributed by atoms with Gasteiger partial charge in [-0.05, 0) is 37.2 Å². The highest BCUT2D eigenvalue weighted by molar-refractivity contribution is 5.66. The molecule has 1 aliphatic heterocycles. The van der Waals surface area contributed by atoms with E-state index in [0.717, 1.165) is 44.0 Å². The molecule has 1 N–H and O–H groups in total. The quantitative estimate of drug-likeness (QED) is 0.791. The van der Waals surface area contributed by atoms with Crippen LogP contribution >= 0.6 is 0 Å². The number of imidazole rings is 1. The molecule has 0 unspecified atom stereocenters. The van der Waals surface area contributed by atoms with Crippen molar-refractivity contribution in [1.29, 1.82) is 0 Å². The number of hydrogen-bond donors (Lipinski definition) is 1. The lowest BCUT2D eigenvalue weighted by atomic mass is 10.2. The van der Waals surface area contributed by atoms with Crippen molar-refractivity contribution in [3.63, 3.8) is 0 Å². The molecule has 6 nitrogen and oxygen atoms in total. The summed E-state index contributed by atoms with van der Waals surface area (Å²) in [6, 6.07) is 6.67. The lowest BCUT2D eigenvalue weighted by molar-refractivity contribution is 0.144. The van der Waals surface area contributed by atoms with Crippen LogP contribution in [0.15, 0.2) is 36.7 Å². The molecule has 1 fully saturated rings. The predicted molar refractivity (Wildman–Crippen MR) is 90.9 cm³/mol. The Balaban J connectivity index is 1.73. The molecule has 130 valence electrons. The lowest BCUT2D eigenvalue weighted by Crippen LogP contribution is -2.28. The molecule has 0 atom stereocenters. The minimum absolute atomic E-state index is 0.264. The molecule has 0 aromatic carbocycles. The Labute approximate surface area is 143 Å². The molecule has 8 heteroatoms. The first kappa shape index (κ1) is 15.9. The van der Waals surface area contributed by atoms with E-state index in [1.807, 2.05) is 12.1 Å². The Hall–Kier alpha value is -2.61. The van der Waals surface area contributed by atoms with Gasteiger partial charge in [0, 0.05) is 31.4 Å². The number of alkyl halides is 2. The van der Waals surface area contributed by atoms with Crippen molar-refractivity contribution < 1.29 is 8.78 Å². The maximum Gasteiger partial charge on any atom is 0.282 e. The van der Waals surface area contributed by atoms with Gasteiger partial charge in [-0.1, -0.05) is 0 Å². The fourth-order valence-electron chi connectivity index (χ4n) is 3.03. The SMILES string of the molecule is FC(F)c1ccc2ncc(-c3ccnc(N4CCCNCC4)c3)n2n1. The summed E-state index contributed by atoms with van der Waals surface area (Å²) in [5.41, 5.74) is 1.80. The fraction of sp³-hybridized carbons (Fsp3) is 0.353. The van der Waals surface area contributed by atoms with Gasteiger partial charge in [0.1, 0.15) is 11.5 Å². The molecule has 0 spiro atoms. The fourth-order valence-corrected chi connectivity index (χ4v) is 3.03. The van der Waals surface area contributed by atoms with Crippen molar-refractivity contribution in [3.8, 4) is 11.3 Å². The average Bonchev–Trinajstić information content (AvgIpc) is 2.86. The van der Waals surface area contributed by atoms with Crippen LogP contribution in [0.5, 0.6) is 0 Å². The van der Waals surface area contributed by atoms with Gasteiger partial charge < -0.3 is 10.2 Å². The maximum atomic E-state index is 13.0. The molecule has 3 aromatic heterocycles. The third-order valence-electron chi connectivity index (χ3n) is 4.31. The van der Waals surface area contributed by atoms with Crippen LogP contribution in [0.3, 0.4) is 0 Å². The second-order valence-corrected chi connectivity index (χ2v) is 5.97. The summed E-state index contributed by atoms with van der Waals surface area (Å²) in [6.07, 6.45) is 1.83. The minimum Gasteiger partial charge on any atom is -0.355 e. The molecule has 4 heterocycles. The molecular weight excluding hydrogens is 326 g/mol. The van der Waals surface area contributed by atoms with E-state index >= 15 is 0 Å². The molecule has 1 aliphatic rings. The topological polar surface area (TPSA) is 58.4 Å². The van der Waals surface area contributed by atoms with Crippen LogP contribution in [0.4, 0.5) is 14.6 Å². The van der Waals surface area contributed by atoms with E-state index in [9.17, 15) is 8.78 Å². The van der Waals surface area contributed by atoms with Crippen molar-refractivity contribution >= 4 is 11.5 Å². The average molecular weight is 344 g/mol. The van der Waals surface area contributed by atoms with Crippen LogP contribution in [-0.4, -0.2) is 45.8 Å². The molecule has 4 rings (SSSR count). The first-order valence-corrected chi connectivity index (χ1v) is 8.27. The zero-order valence-corrected chi connectivity index (χ0v) is 13.6. The summed E-state index contributed by atoms with van der Waals surface area (Å²) in [5.74, 6) is 0.876. The number of halogens is 2. The smallest absolute Gasteiger partial charge is 0.282 e. The lowest BCUT2D eigenvalue weighted by Gasteiger charge is -2.21. The van der Waals surface area contributed by atoms with Crippen LogP contribution in [0.1, 0.15) is 18.5 Å². The normalized spacial score (nSPS) is 15.7. The largest absolute Gasteiger partial charge is 0.355 e. The molecule has 0 saturated carbocycles. The highest BCUT2D eigenvalue weighted by Crippen LogP contribution is 2.25. The number of nitrogens with zero attached hydrogens (tertiary/aromatic N) is 5. The molecule has 1 saturated heterocycles. The van der Waals surface area contributed by atoms with Crippen molar-refractivity contribution in [1.82, 2.24) is 24.9 Å². The van der Waals surface area contributed by atoms with Crippen LogP contribution in [-0.2, 0) is 0 Å². The third kappa shape index (κ3) is 3.17. The number of aromatic nitrogens is 4. The number of rotatable bonds is 3. The molecule has 3 aromatic rings. The summed E-state index contributed by atoms with van der Waals surface area (Å²) in [5, 5.41) is 7.39. The van der Waals surface area contributed by atoms with Gasteiger partial charge in [-0.3, -0.25) is 0 Å². The molecule has 0 bridgehead atoms. The number of hydrogen-bond acceptors (Lipinski definition) is 5. The van der Waals surface area contributed by atoms with Gasteiger partial charge in [-0.15, -0.1) is 0 Å². The predicted octanol–water partition coefficient (Wildman–Crippen LogP) is 2.53. The van der Waals surface area contributed by atoms with Crippen LogP contribution in [0, 0.1) is 0 Å². The second-order valence-electron chi connectivity index (χ2n) is 5.97. The molecule has 25 heavy (non-hydrogen) atoms. The number of nitrogens with one attached hydrogen (secondary N) is 1. The standard InChI is InChI=1S/C17H18F2N6/c18-17(19)13-2-3-15-22-11-14(25(15)23-13)12-4-6-21-16(10-12)24-8-1-5-20-7-9-24/h2-4,6,10-11,17,20H,1,5,7-9H2. The van der Waals surface area contributed by atoms with E-state index in [1.54, 1.807) is 18.5 Å². The maximum absolute atomic E-state index is 13.0. The van der Waals surface area contributed by atoms with Gasteiger partial charge in [-0.25, -0.2) is 23.3 Å². The third-order valence-corrected chi connectivity index (χ3v) is 4.31. The Morgan fingerprint density at radius 1 is 1.08 bits per heavy atom. The first-order valence-electron chi connectivity index (χ1n) is 8.27. The summed E-state index contributed by atoms with van der Waals surface area (Å²) in [6.45, 7) is 3.74. The summed E-state index contributed by atoms with van der Waals surface area (Å²) in [4.78, 5) is 11.0. The van der Waals surface area contributed by atoms with Gasteiger partial charge in [0.25, 0.3) is 6.43 Å². The first-order chi connectivity index (χ1) is 12.2.